The number of nitrogens with two attached hydrogens (primary N) is 2. The minimum Gasteiger partial charge on any atom is -0.399 e. The van der Waals surface area contributed by atoms with Crippen LogP contribution in [0.4, 0.5) is 11.4 Å². The molecule has 2 fully saturated rings. The third-order valence-electron chi connectivity index (χ3n) is 4.66. The second-order valence-electron chi connectivity index (χ2n) is 5.98. The zero-order valence-electron chi connectivity index (χ0n) is 11.9. The van der Waals surface area contributed by atoms with E-state index in [-0.39, 0.29) is 5.91 Å². The largest absolute Gasteiger partial charge is 0.399 e. The first-order chi connectivity index (χ1) is 9.54. The van der Waals surface area contributed by atoms with Crippen molar-refractivity contribution >= 4 is 17.3 Å². The fraction of sp³-hybridized carbons (Fsp3) is 0.533. The maximum Gasteiger partial charge on any atom is 0.254 e. The van der Waals surface area contributed by atoms with Gasteiger partial charge in [-0.15, -0.1) is 0 Å². The molecule has 1 amide bonds. The van der Waals surface area contributed by atoms with Gasteiger partial charge in [-0.05, 0) is 44.5 Å². The smallest absolute Gasteiger partial charge is 0.254 e. The molecule has 20 heavy (non-hydrogen) atoms. The monoisotopic (exact) mass is 274 g/mol. The fourth-order valence-electron chi connectivity index (χ4n) is 3.48. The molecule has 0 saturated carbocycles. The Hall–Kier alpha value is -1.75. The summed E-state index contributed by atoms with van der Waals surface area (Å²) in [5.74, 6) is 0.0463. The Morgan fingerprint density at radius 2 is 1.75 bits per heavy atom. The third-order valence-corrected chi connectivity index (χ3v) is 4.66. The van der Waals surface area contributed by atoms with E-state index in [9.17, 15) is 4.79 Å². The summed E-state index contributed by atoms with van der Waals surface area (Å²) < 4.78 is 0. The predicted molar refractivity (Wildman–Crippen MR) is 80.4 cm³/mol. The highest BCUT2D eigenvalue weighted by Crippen LogP contribution is 2.29. The van der Waals surface area contributed by atoms with Crippen molar-refractivity contribution in [1.29, 1.82) is 0 Å². The van der Waals surface area contributed by atoms with Crippen LogP contribution in [0, 0.1) is 0 Å². The number of hydrogen-bond donors (Lipinski definition) is 2. The Morgan fingerprint density at radius 1 is 1.10 bits per heavy atom. The van der Waals surface area contributed by atoms with Crippen LogP contribution in [-0.4, -0.2) is 47.9 Å². The predicted octanol–water partition coefficient (Wildman–Crippen LogP) is 1.16. The Balaban J connectivity index is 1.80. The quantitative estimate of drug-likeness (QED) is 0.754. The summed E-state index contributed by atoms with van der Waals surface area (Å²) in [6.45, 7) is 1.62. The van der Waals surface area contributed by atoms with Gasteiger partial charge in [0.25, 0.3) is 5.91 Å². The van der Waals surface area contributed by atoms with Gasteiger partial charge in [-0.3, -0.25) is 9.69 Å². The Kier molecular flexibility index (Phi) is 3.30. The second-order valence-corrected chi connectivity index (χ2v) is 5.98. The van der Waals surface area contributed by atoms with Crippen LogP contribution in [0.25, 0.3) is 0 Å². The van der Waals surface area contributed by atoms with E-state index in [0.717, 1.165) is 19.5 Å². The average Bonchev–Trinajstić information content (AvgIpc) is 2.61. The van der Waals surface area contributed by atoms with Gasteiger partial charge in [0.2, 0.25) is 0 Å². The topological polar surface area (TPSA) is 75.6 Å². The lowest BCUT2D eigenvalue weighted by Crippen LogP contribution is -2.39. The number of fused-ring (bicyclic) bond motifs is 2. The summed E-state index contributed by atoms with van der Waals surface area (Å²) >= 11 is 0. The molecule has 2 heterocycles. The molecule has 0 aliphatic carbocycles. The molecule has 0 radical (unpaired) electrons. The second kappa shape index (κ2) is 4.98. The van der Waals surface area contributed by atoms with Crippen molar-refractivity contribution < 1.29 is 4.79 Å². The van der Waals surface area contributed by atoms with Crippen molar-refractivity contribution in [1.82, 2.24) is 9.80 Å². The number of likely N-dealkylation sites (N-methyl/N-ethyl adjacent to an activating group) is 1. The zero-order chi connectivity index (χ0) is 14.3. The van der Waals surface area contributed by atoms with Gasteiger partial charge in [-0.25, -0.2) is 0 Å². The summed E-state index contributed by atoms with van der Waals surface area (Å²) in [5, 5.41) is 0. The number of carbonyl (C=O) groups excluding carboxylic acids is 1. The molecule has 1 aromatic rings. The molecule has 4 N–H and O–H groups in total. The Bertz CT molecular complexity index is 510. The number of benzene rings is 1. The highest BCUT2D eigenvalue weighted by Gasteiger charge is 2.36. The number of nitrogens with zero attached hydrogens (tertiary/aromatic N) is 2. The minimum absolute atomic E-state index is 0.0463. The molecule has 5 nitrogen and oxygen atoms in total. The molecular formula is C15H22N4O. The normalized spacial score (nSPS) is 26.6. The zero-order valence-corrected chi connectivity index (χ0v) is 11.9. The third kappa shape index (κ3) is 2.33. The van der Waals surface area contributed by atoms with Crippen molar-refractivity contribution in [2.24, 2.45) is 0 Å². The van der Waals surface area contributed by atoms with E-state index >= 15 is 0 Å². The standard InChI is InChI=1S/C15H22N4O/c1-18-13-2-3-14(18)9-19(5-4-13)15(20)10-6-11(16)8-12(17)7-10/h6-8,13-14H,2-5,9,16-17H2,1H3. The van der Waals surface area contributed by atoms with Crippen LogP contribution in [-0.2, 0) is 0 Å². The molecule has 5 heteroatoms. The molecule has 2 saturated heterocycles. The summed E-state index contributed by atoms with van der Waals surface area (Å²) in [4.78, 5) is 17.0. The number of nitrogen functional groups attached to an aromatic ring is 2. The van der Waals surface area contributed by atoms with Gasteiger partial charge in [0.1, 0.15) is 0 Å². The number of likely N-dealkylation sites (tertiary alicyclic amines) is 1. The van der Waals surface area contributed by atoms with E-state index in [4.69, 9.17) is 11.5 Å². The van der Waals surface area contributed by atoms with Crippen LogP contribution in [0.3, 0.4) is 0 Å². The lowest BCUT2D eigenvalue weighted by Gasteiger charge is -2.26. The molecule has 0 spiro atoms. The van der Waals surface area contributed by atoms with E-state index in [1.807, 2.05) is 4.90 Å². The highest BCUT2D eigenvalue weighted by molar-refractivity contribution is 5.96. The van der Waals surface area contributed by atoms with Crippen LogP contribution in [0.2, 0.25) is 0 Å². The first-order valence-electron chi connectivity index (χ1n) is 7.22. The van der Waals surface area contributed by atoms with E-state index < -0.39 is 0 Å². The maximum atomic E-state index is 12.6. The number of rotatable bonds is 1. The van der Waals surface area contributed by atoms with Crippen molar-refractivity contribution in [2.45, 2.75) is 31.3 Å². The first-order valence-corrected chi connectivity index (χ1v) is 7.22. The van der Waals surface area contributed by atoms with Crippen molar-refractivity contribution in [3.05, 3.63) is 23.8 Å². The van der Waals surface area contributed by atoms with Crippen molar-refractivity contribution in [3.63, 3.8) is 0 Å². The van der Waals surface area contributed by atoms with Gasteiger partial charge in [0.15, 0.2) is 0 Å². The van der Waals surface area contributed by atoms with Gasteiger partial charge in [-0.2, -0.15) is 0 Å². The molecule has 2 aliphatic rings. The van der Waals surface area contributed by atoms with Crippen LogP contribution >= 0.6 is 0 Å². The molecular weight excluding hydrogens is 252 g/mol. The molecule has 2 unspecified atom stereocenters. The molecule has 2 aliphatic heterocycles. The van der Waals surface area contributed by atoms with Crippen molar-refractivity contribution in [2.75, 3.05) is 31.6 Å². The van der Waals surface area contributed by atoms with E-state index in [1.165, 1.54) is 12.8 Å². The lowest BCUT2D eigenvalue weighted by molar-refractivity contribution is 0.0740. The molecule has 2 atom stereocenters. The summed E-state index contributed by atoms with van der Waals surface area (Å²) in [6, 6.07) is 6.22. The average molecular weight is 274 g/mol. The van der Waals surface area contributed by atoms with Crippen LogP contribution in [0.15, 0.2) is 18.2 Å². The minimum atomic E-state index is 0.0463. The lowest BCUT2D eigenvalue weighted by atomic mass is 10.1. The maximum absolute atomic E-state index is 12.6. The number of anilines is 2. The Morgan fingerprint density at radius 3 is 2.45 bits per heavy atom. The summed E-state index contributed by atoms with van der Waals surface area (Å²) in [7, 11) is 2.18. The molecule has 2 bridgehead atoms. The van der Waals surface area contributed by atoms with E-state index in [1.54, 1.807) is 18.2 Å². The van der Waals surface area contributed by atoms with E-state index in [2.05, 4.69) is 11.9 Å². The van der Waals surface area contributed by atoms with E-state index in [0.29, 0.717) is 29.0 Å². The highest BCUT2D eigenvalue weighted by atomic mass is 16.2. The fourth-order valence-corrected chi connectivity index (χ4v) is 3.48. The number of carbonyl (C=O) groups is 1. The van der Waals surface area contributed by atoms with Gasteiger partial charge < -0.3 is 16.4 Å². The number of hydrogen-bond acceptors (Lipinski definition) is 4. The SMILES string of the molecule is CN1C2CCC1CN(C(=O)c1cc(N)cc(N)c1)CC2. The van der Waals surface area contributed by atoms with Crippen molar-refractivity contribution in [3.8, 4) is 0 Å². The summed E-state index contributed by atoms with van der Waals surface area (Å²) in [5.41, 5.74) is 13.2. The van der Waals surface area contributed by atoms with Gasteiger partial charge in [-0.1, -0.05) is 0 Å². The molecule has 108 valence electrons. The van der Waals surface area contributed by atoms with Crippen LogP contribution < -0.4 is 11.5 Å². The van der Waals surface area contributed by atoms with Gasteiger partial charge in [0.05, 0.1) is 0 Å². The number of amides is 1. The summed E-state index contributed by atoms with van der Waals surface area (Å²) in [6.07, 6.45) is 3.50. The molecule has 1 aromatic carbocycles. The molecule has 0 aromatic heterocycles. The van der Waals surface area contributed by atoms with Gasteiger partial charge in [0, 0.05) is 42.1 Å². The first kappa shape index (κ1) is 13.2. The Labute approximate surface area is 119 Å². The van der Waals surface area contributed by atoms with Crippen LogP contribution in [0.1, 0.15) is 29.6 Å². The molecule has 3 rings (SSSR count). The van der Waals surface area contributed by atoms with Crippen LogP contribution in [0.5, 0.6) is 0 Å². The van der Waals surface area contributed by atoms with Gasteiger partial charge >= 0.3 is 0 Å².